The van der Waals surface area contributed by atoms with Crippen LogP contribution in [-0.4, -0.2) is 52.6 Å². The summed E-state index contributed by atoms with van der Waals surface area (Å²) < 4.78 is 0. The molecule has 1 unspecified atom stereocenters. The zero-order valence-corrected chi connectivity index (χ0v) is 13.1. The second kappa shape index (κ2) is 6.78. The maximum atomic E-state index is 12.1. The smallest absolute Gasteiger partial charge is 0.323 e. The first-order chi connectivity index (χ1) is 9.58. The average molecular weight is 299 g/mol. The molecule has 0 aromatic heterocycles. The molecule has 3 amide bonds. The molecule has 1 fully saturated rings. The van der Waals surface area contributed by atoms with E-state index in [9.17, 15) is 14.4 Å². The van der Waals surface area contributed by atoms with Gasteiger partial charge in [0.1, 0.15) is 12.6 Å². The van der Waals surface area contributed by atoms with Gasteiger partial charge in [0.05, 0.1) is 0 Å². The molecule has 21 heavy (non-hydrogen) atoms. The number of nitrogens with one attached hydrogen (secondary N) is 2. The van der Waals surface area contributed by atoms with E-state index in [1.807, 2.05) is 20.8 Å². The van der Waals surface area contributed by atoms with Crippen LogP contribution >= 0.6 is 0 Å². The Balaban J connectivity index is 2.54. The number of carboxylic acids is 1. The zero-order chi connectivity index (χ0) is 16.2. The predicted octanol–water partition coefficient (Wildman–Crippen LogP) is 0.796. The molecule has 7 nitrogen and oxygen atoms in total. The molecule has 0 spiro atoms. The fraction of sp³-hybridized carbons (Fsp3) is 0.786. The van der Waals surface area contributed by atoms with Crippen molar-refractivity contribution in [3.05, 3.63) is 0 Å². The first-order valence-corrected chi connectivity index (χ1v) is 7.18. The molecule has 0 aliphatic heterocycles. The lowest BCUT2D eigenvalue weighted by Crippen LogP contribution is -2.54. The third-order valence-corrected chi connectivity index (χ3v) is 3.02. The van der Waals surface area contributed by atoms with E-state index in [-0.39, 0.29) is 18.0 Å². The molecule has 0 bridgehead atoms. The molecule has 7 heteroatoms. The number of carbonyl (C=O) groups is 3. The van der Waals surface area contributed by atoms with E-state index < -0.39 is 18.0 Å². The lowest BCUT2D eigenvalue weighted by Gasteiger charge is -2.26. The van der Waals surface area contributed by atoms with Crippen molar-refractivity contribution in [3.63, 3.8) is 0 Å². The van der Waals surface area contributed by atoms with Gasteiger partial charge in [-0.3, -0.25) is 9.59 Å². The summed E-state index contributed by atoms with van der Waals surface area (Å²) in [4.78, 5) is 36.1. The molecular weight excluding hydrogens is 274 g/mol. The predicted molar refractivity (Wildman–Crippen MR) is 77.8 cm³/mol. The Morgan fingerprint density at radius 2 is 1.86 bits per heavy atom. The highest BCUT2D eigenvalue weighted by atomic mass is 16.4. The van der Waals surface area contributed by atoms with Gasteiger partial charge in [0, 0.05) is 12.1 Å². The molecule has 0 aromatic rings. The van der Waals surface area contributed by atoms with Crippen LogP contribution in [0.3, 0.4) is 0 Å². The van der Waals surface area contributed by atoms with Crippen molar-refractivity contribution < 1.29 is 19.5 Å². The molecular formula is C14H25N3O4. The monoisotopic (exact) mass is 299 g/mol. The Labute approximate surface area is 125 Å². The van der Waals surface area contributed by atoms with Crippen LogP contribution in [0.5, 0.6) is 0 Å². The molecule has 1 aliphatic carbocycles. The third kappa shape index (κ3) is 6.97. The molecule has 0 heterocycles. The summed E-state index contributed by atoms with van der Waals surface area (Å²) in [5.74, 6) is -0.969. The number of aliphatic carboxylic acids is 1. The van der Waals surface area contributed by atoms with Gasteiger partial charge in [-0.1, -0.05) is 0 Å². The van der Waals surface area contributed by atoms with Crippen molar-refractivity contribution in [2.24, 2.45) is 5.92 Å². The molecule has 0 radical (unpaired) electrons. The Bertz CT molecular complexity index is 413. The van der Waals surface area contributed by atoms with Crippen molar-refractivity contribution in [2.75, 3.05) is 13.1 Å². The number of amides is 3. The summed E-state index contributed by atoms with van der Waals surface area (Å²) in [6.07, 6.45) is 2.03. The van der Waals surface area contributed by atoms with E-state index in [2.05, 4.69) is 10.6 Å². The van der Waals surface area contributed by atoms with Crippen LogP contribution in [0.2, 0.25) is 0 Å². The first-order valence-electron chi connectivity index (χ1n) is 7.18. The Morgan fingerprint density at radius 3 is 2.29 bits per heavy atom. The van der Waals surface area contributed by atoms with Crippen molar-refractivity contribution in [3.8, 4) is 0 Å². The lowest BCUT2D eigenvalue weighted by atomic mass is 10.1. The van der Waals surface area contributed by atoms with E-state index >= 15 is 0 Å². The first kappa shape index (κ1) is 17.3. The maximum absolute atomic E-state index is 12.1. The molecule has 0 aromatic carbocycles. The topological polar surface area (TPSA) is 98.7 Å². The molecule has 0 saturated heterocycles. The summed E-state index contributed by atoms with van der Waals surface area (Å²) in [5.41, 5.74) is -0.384. The van der Waals surface area contributed by atoms with Gasteiger partial charge in [-0.05, 0) is 46.5 Å². The SMILES string of the molecule is CC(NC(=O)N(CC(=O)O)CC1CC1)C(=O)NC(C)(C)C. The largest absolute Gasteiger partial charge is 0.480 e. The van der Waals surface area contributed by atoms with E-state index in [1.165, 1.54) is 4.90 Å². The van der Waals surface area contributed by atoms with Gasteiger partial charge in [0.25, 0.3) is 0 Å². The minimum Gasteiger partial charge on any atom is -0.480 e. The van der Waals surface area contributed by atoms with Crippen molar-refractivity contribution >= 4 is 17.9 Å². The number of urea groups is 1. The second-order valence-corrected chi connectivity index (χ2v) is 6.63. The van der Waals surface area contributed by atoms with Crippen LogP contribution in [0.15, 0.2) is 0 Å². The van der Waals surface area contributed by atoms with Crippen molar-refractivity contribution in [1.82, 2.24) is 15.5 Å². The highest BCUT2D eigenvalue weighted by molar-refractivity contribution is 5.88. The van der Waals surface area contributed by atoms with Crippen LogP contribution in [0.25, 0.3) is 0 Å². The van der Waals surface area contributed by atoms with Crippen LogP contribution in [0.4, 0.5) is 4.79 Å². The number of hydrogen-bond donors (Lipinski definition) is 3. The van der Waals surface area contributed by atoms with Crippen LogP contribution in [-0.2, 0) is 9.59 Å². The van der Waals surface area contributed by atoms with Gasteiger partial charge in [0.15, 0.2) is 0 Å². The Morgan fingerprint density at radius 1 is 1.29 bits per heavy atom. The molecule has 1 atom stereocenters. The number of nitrogens with zero attached hydrogens (tertiary/aromatic N) is 1. The minimum atomic E-state index is -1.06. The van der Waals surface area contributed by atoms with Crippen LogP contribution in [0, 0.1) is 5.92 Å². The van der Waals surface area contributed by atoms with Gasteiger partial charge < -0.3 is 20.6 Å². The van der Waals surface area contributed by atoms with E-state index in [1.54, 1.807) is 6.92 Å². The second-order valence-electron chi connectivity index (χ2n) is 6.63. The number of hydrogen-bond acceptors (Lipinski definition) is 3. The summed E-state index contributed by atoms with van der Waals surface area (Å²) in [6, 6.07) is -1.23. The average Bonchev–Trinajstić information content (AvgIpc) is 3.08. The maximum Gasteiger partial charge on any atom is 0.323 e. The molecule has 1 aliphatic rings. The van der Waals surface area contributed by atoms with Crippen LogP contribution < -0.4 is 10.6 Å². The van der Waals surface area contributed by atoms with E-state index in [4.69, 9.17) is 5.11 Å². The van der Waals surface area contributed by atoms with Gasteiger partial charge in [-0.2, -0.15) is 0 Å². The quantitative estimate of drug-likeness (QED) is 0.675. The summed E-state index contributed by atoms with van der Waals surface area (Å²) >= 11 is 0. The fourth-order valence-corrected chi connectivity index (χ4v) is 1.81. The Kier molecular flexibility index (Phi) is 5.57. The summed E-state index contributed by atoms with van der Waals surface area (Å²) in [5, 5.41) is 14.2. The van der Waals surface area contributed by atoms with Gasteiger partial charge in [-0.25, -0.2) is 4.79 Å². The Hall–Kier alpha value is -1.79. The molecule has 120 valence electrons. The molecule has 1 rings (SSSR count). The highest BCUT2D eigenvalue weighted by Gasteiger charge is 2.29. The van der Waals surface area contributed by atoms with E-state index in [0.29, 0.717) is 12.5 Å². The van der Waals surface area contributed by atoms with Crippen molar-refractivity contribution in [2.45, 2.75) is 52.1 Å². The summed E-state index contributed by atoms with van der Waals surface area (Å²) in [6.45, 7) is 7.20. The van der Waals surface area contributed by atoms with Crippen LogP contribution in [0.1, 0.15) is 40.5 Å². The zero-order valence-electron chi connectivity index (χ0n) is 13.1. The number of rotatable bonds is 6. The normalized spacial score (nSPS) is 16.0. The fourth-order valence-electron chi connectivity index (χ4n) is 1.81. The number of carbonyl (C=O) groups excluding carboxylic acids is 2. The lowest BCUT2D eigenvalue weighted by molar-refractivity contribution is -0.137. The van der Waals surface area contributed by atoms with Gasteiger partial charge in [-0.15, -0.1) is 0 Å². The molecule has 3 N–H and O–H groups in total. The van der Waals surface area contributed by atoms with Gasteiger partial charge >= 0.3 is 12.0 Å². The van der Waals surface area contributed by atoms with Gasteiger partial charge in [0.2, 0.25) is 5.91 Å². The number of carboxylic acid groups (broad SMARTS) is 1. The van der Waals surface area contributed by atoms with E-state index in [0.717, 1.165) is 12.8 Å². The minimum absolute atomic E-state index is 0.294. The summed E-state index contributed by atoms with van der Waals surface area (Å²) in [7, 11) is 0. The standard InChI is InChI=1S/C14H25N3O4/c1-9(12(20)16-14(2,3)4)15-13(21)17(8-11(18)19)7-10-5-6-10/h9-10H,5-8H2,1-4H3,(H,15,21)(H,16,20)(H,18,19). The third-order valence-electron chi connectivity index (χ3n) is 3.02. The highest BCUT2D eigenvalue weighted by Crippen LogP contribution is 2.29. The molecule has 1 saturated carbocycles. The van der Waals surface area contributed by atoms with Crippen molar-refractivity contribution in [1.29, 1.82) is 0 Å².